The van der Waals surface area contributed by atoms with Crippen LogP contribution in [0.3, 0.4) is 0 Å². The van der Waals surface area contributed by atoms with Crippen molar-refractivity contribution in [2.24, 2.45) is 5.92 Å². The number of hydrogen-bond acceptors (Lipinski definition) is 5. The molecule has 7 nitrogen and oxygen atoms in total. The number of benzene rings is 1. The first kappa shape index (κ1) is 18.3. The molecule has 0 bridgehead atoms. The van der Waals surface area contributed by atoms with E-state index in [9.17, 15) is 9.59 Å². The molecule has 2 amide bonds. The highest BCUT2D eigenvalue weighted by atomic mass is 16.6. The zero-order valence-electron chi connectivity index (χ0n) is 15.8. The Balaban J connectivity index is 1.46. The van der Waals surface area contributed by atoms with Crippen LogP contribution in [-0.4, -0.2) is 48.0 Å². The Hall–Kier alpha value is -3.09. The summed E-state index contributed by atoms with van der Waals surface area (Å²) in [6.45, 7) is 4.70. The highest BCUT2D eigenvalue weighted by Gasteiger charge is 2.22. The minimum Gasteiger partial charge on any atom is -0.486 e. The van der Waals surface area contributed by atoms with Gasteiger partial charge in [0.25, 0.3) is 11.8 Å². The number of hydrogen-bond donors (Lipinski definition) is 1. The van der Waals surface area contributed by atoms with Gasteiger partial charge in [0.15, 0.2) is 11.5 Å². The monoisotopic (exact) mass is 381 g/mol. The maximum Gasteiger partial charge on any atom is 0.274 e. The van der Waals surface area contributed by atoms with Crippen LogP contribution in [0.2, 0.25) is 0 Å². The third kappa shape index (κ3) is 3.93. The van der Waals surface area contributed by atoms with Crippen LogP contribution >= 0.6 is 0 Å². The number of carbonyl (C=O) groups excluding carboxylic acids is 2. The lowest BCUT2D eigenvalue weighted by molar-refractivity contribution is 0.0697. The molecule has 1 aromatic heterocycles. The number of aromatic nitrogens is 1. The summed E-state index contributed by atoms with van der Waals surface area (Å²) in [4.78, 5) is 31.3. The Kier molecular flexibility index (Phi) is 5.14. The van der Waals surface area contributed by atoms with E-state index in [1.807, 2.05) is 4.90 Å². The van der Waals surface area contributed by atoms with Crippen LogP contribution in [-0.2, 0) is 0 Å². The summed E-state index contributed by atoms with van der Waals surface area (Å²) in [6, 6.07) is 8.43. The second-order valence-electron chi connectivity index (χ2n) is 7.22. The largest absolute Gasteiger partial charge is 0.486 e. The summed E-state index contributed by atoms with van der Waals surface area (Å²) >= 11 is 0. The van der Waals surface area contributed by atoms with Gasteiger partial charge in [0.05, 0.1) is 0 Å². The van der Waals surface area contributed by atoms with Gasteiger partial charge in [0, 0.05) is 36.6 Å². The van der Waals surface area contributed by atoms with Crippen molar-refractivity contribution < 1.29 is 19.1 Å². The molecule has 0 atom stereocenters. The summed E-state index contributed by atoms with van der Waals surface area (Å²) in [7, 11) is 0. The van der Waals surface area contributed by atoms with Crippen molar-refractivity contribution >= 4 is 17.5 Å². The van der Waals surface area contributed by atoms with Crippen LogP contribution in [0.5, 0.6) is 11.5 Å². The molecule has 146 valence electrons. The van der Waals surface area contributed by atoms with Crippen molar-refractivity contribution in [2.45, 2.75) is 19.8 Å². The van der Waals surface area contributed by atoms with Gasteiger partial charge in [-0.3, -0.25) is 14.6 Å². The first-order valence-corrected chi connectivity index (χ1v) is 9.56. The molecule has 7 heteroatoms. The molecule has 1 N–H and O–H groups in total. The first-order valence-electron chi connectivity index (χ1n) is 9.56. The molecule has 0 radical (unpaired) electrons. The van der Waals surface area contributed by atoms with Crippen molar-refractivity contribution in [3.8, 4) is 11.5 Å². The number of amides is 2. The quantitative estimate of drug-likeness (QED) is 0.884. The number of likely N-dealkylation sites (tertiary alicyclic amines) is 1. The van der Waals surface area contributed by atoms with Gasteiger partial charge in [-0.1, -0.05) is 6.92 Å². The van der Waals surface area contributed by atoms with Crippen molar-refractivity contribution in [2.75, 3.05) is 31.6 Å². The lowest BCUT2D eigenvalue weighted by Crippen LogP contribution is -2.38. The Bertz CT molecular complexity index is 891. The van der Waals surface area contributed by atoms with E-state index in [1.165, 1.54) is 6.20 Å². The zero-order chi connectivity index (χ0) is 19.5. The topological polar surface area (TPSA) is 80.8 Å². The number of fused-ring (bicyclic) bond motifs is 1. The molecule has 0 saturated carbocycles. The molecular formula is C21H23N3O4. The minimum absolute atomic E-state index is 0.0531. The van der Waals surface area contributed by atoms with Gasteiger partial charge in [-0.15, -0.1) is 0 Å². The molecule has 28 heavy (non-hydrogen) atoms. The summed E-state index contributed by atoms with van der Waals surface area (Å²) in [6.07, 6.45) is 3.51. The molecule has 2 aliphatic rings. The van der Waals surface area contributed by atoms with Gasteiger partial charge in [-0.2, -0.15) is 0 Å². The normalized spacial score (nSPS) is 16.5. The molecular weight excluding hydrogens is 358 g/mol. The molecule has 0 spiro atoms. The van der Waals surface area contributed by atoms with E-state index < -0.39 is 0 Å². The van der Waals surface area contributed by atoms with E-state index in [4.69, 9.17) is 9.47 Å². The van der Waals surface area contributed by atoms with E-state index in [0.29, 0.717) is 41.9 Å². The molecule has 1 aromatic carbocycles. The molecule has 2 aromatic rings. The van der Waals surface area contributed by atoms with E-state index in [2.05, 4.69) is 17.2 Å². The van der Waals surface area contributed by atoms with Crippen LogP contribution < -0.4 is 14.8 Å². The Morgan fingerprint density at radius 1 is 1.07 bits per heavy atom. The van der Waals surface area contributed by atoms with Gasteiger partial charge in [-0.05, 0) is 43.0 Å². The number of pyridine rings is 1. The number of piperidine rings is 1. The standard InChI is InChI=1S/C21H23N3O4/c1-14-5-8-24(9-6-14)21(26)15-4-7-22-17(12-15)20(25)23-16-2-3-18-19(13-16)28-11-10-27-18/h2-4,7,12-14H,5-6,8-11H2,1H3,(H,23,25). The molecule has 4 rings (SSSR count). The number of anilines is 1. The maximum atomic E-state index is 12.7. The van der Waals surface area contributed by atoms with E-state index in [1.54, 1.807) is 30.3 Å². The van der Waals surface area contributed by atoms with Crippen molar-refractivity contribution in [1.29, 1.82) is 0 Å². The highest BCUT2D eigenvalue weighted by molar-refractivity contribution is 6.04. The number of nitrogens with one attached hydrogen (secondary N) is 1. The second kappa shape index (κ2) is 7.88. The third-order valence-corrected chi connectivity index (χ3v) is 5.11. The van der Waals surface area contributed by atoms with Crippen LogP contribution in [0.25, 0.3) is 0 Å². The average molecular weight is 381 g/mol. The number of ether oxygens (including phenoxy) is 2. The zero-order valence-corrected chi connectivity index (χ0v) is 15.8. The average Bonchev–Trinajstić information content (AvgIpc) is 2.74. The maximum absolute atomic E-state index is 12.7. The van der Waals surface area contributed by atoms with Crippen molar-refractivity contribution in [3.63, 3.8) is 0 Å². The SMILES string of the molecule is CC1CCN(C(=O)c2ccnc(C(=O)Nc3ccc4c(c3)OCCO4)c2)CC1. The van der Waals surface area contributed by atoms with Gasteiger partial charge in [0.2, 0.25) is 0 Å². The van der Waals surface area contributed by atoms with Crippen LogP contribution in [0.4, 0.5) is 5.69 Å². The first-order chi connectivity index (χ1) is 13.6. The van der Waals surface area contributed by atoms with Crippen molar-refractivity contribution in [3.05, 3.63) is 47.8 Å². The fraction of sp³-hybridized carbons (Fsp3) is 0.381. The predicted octanol–water partition coefficient (Wildman–Crippen LogP) is 2.98. The molecule has 0 aliphatic carbocycles. The molecule has 1 fully saturated rings. The smallest absolute Gasteiger partial charge is 0.274 e. The molecule has 0 unspecified atom stereocenters. The van der Waals surface area contributed by atoms with Gasteiger partial charge in [-0.25, -0.2) is 0 Å². The molecule has 1 saturated heterocycles. The lowest BCUT2D eigenvalue weighted by Gasteiger charge is -2.30. The number of carbonyl (C=O) groups is 2. The fourth-order valence-electron chi connectivity index (χ4n) is 3.40. The van der Waals surface area contributed by atoms with Crippen LogP contribution in [0.1, 0.15) is 40.6 Å². The number of nitrogens with zero attached hydrogens (tertiary/aromatic N) is 2. The number of rotatable bonds is 3. The Morgan fingerprint density at radius 3 is 2.61 bits per heavy atom. The van der Waals surface area contributed by atoms with Crippen molar-refractivity contribution in [1.82, 2.24) is 9.88 Å². The second-order valence-corrected chi connectivity index (χ2v) is 7.22. The van der Waals surface area contributed by atoms with E-state index in [-0.39, 0.29) is 17.5 Å². The lowest BCUT2D eigenvalue weighted by atomic mass is 9.98. The Morgan fingerprint density at radius 2 is 1.82 bits per heavy atom. The summed E-state index contributed by atoms with van der Waals surface area (Å²) < 4.78 is 11.0. The summed E-state index contributed by atoms with van der Waals surface area (Å²) in [5, 5.41) is 2.80. The van der Waals surface area contributed by atoms with Crippen LogP contribution in [0, 0.1) is 5.92 Å². The molecule has 3 heterocycles. The minimum atomic E-state index is -0.376. The van der Waals surface area contributed by atoms with Gasteiger partial charge in [0.1, 0.15) is 18.9 Å². The fourth-order valence-corrected chi connectivity index (χ4v) is 3.40. The third-order valence-electron chi connectivity index (χ3n) is 5.11. The Labute approximate surface area is 163 Å². The molecule has 2 aliphatic heterocycles. The van der Waals surface area contributed by atoms with Gasteiger partial charge < -0.3 is 19.7 Å². The van der Waals surface area contributed by atoms with Gasteiger partial charge >= 0.3 is 0 Å². The van der Waals surface area contributed by atoms with E-state index >= 15 is 0 Å². The van der Waals surface area contributed by atoms with Crippen LogP contribution in [0.15, 0.2) is 36.5 Å². The van der Waals surface area contributed by atoms with E-state index in [0.717, 1.165) is 25.9 Å². The summed E-state index contributed by atoms with van der Waals surface area (Å²) in [5.74, 6) is 1.47. The summed E-state index contributed by atoms with van der Waals surface area (Å²) in [5.41, 5.74) is 1.26. The highest BCUT2D eigenvalue weighted by Crippen LogP contribution is 2.32. The predicted molar refractivity (Wildman–Crippen MR) is 104 cm³/mol.